The first-order chi connectivity index (χ1) is 9.90. The fourth-order valence-corrected chi connectivity index (χ4v) is 2.79. The normalized spacial score (nSPS) is 10.6. The number of hydrogen-bond donors (Lipinski definition) is 4. The standard InChI is InChI=1S/C11H15N7O2S/c1-5-2-6-9(15-11(17-14)16-10(6)21-5)18(3-7(12)19)4-8(13)20/h2H,3-4,14H2,1H3,(H2,12,19)(H2,13,20)(H,15,16,17). The predicted molar refractivity (Wildman–Crippen MR) is 80.6 cm³/mol. The van der Waals surface area contributed by atoms with Crippen molar-refractivity contribution in [2.45, 2.75) is 6.92 Å². The number of hydrazine groups is 1. The molecule has 2 aromatic rings. The molecule has 112 valence electrons. The zero-order chi connectivity index (χ0) is 15.6. The van der Waals surface area contributed by atoms with Gasteiger partial charge in [0.15, 0.2) is 0 Å². The van der Waals surface area contributed by atoms with E-state index in [-0.39, 0.29) is 19.0 Å². The number of aryl methyl sites for hydroxylation is 1. The molecule has 9 nitrogen and oxygen atoms in total. The molecule has 0 aliphatic heterocycles. The van der Waals surface area contributed by atoms with Gasteiger partial charge in [-0.3, -0.25) is 15.0 Å². The summed E-state index contributed by atoms with van der Waals surface area (Å²) >= 11 is 1.45. The fourth-order valence-electron chi connectivity index (χ4n) is 1.91. The molecule has 7 N–H and O–H groups in total. The Balaban J connectivity index is 2.58. The van der Waals surface area contributed by atoms with Crippen molar-refractivity contribution in [2.75, 3.05) is 23.4 Å². The van der Waals surface area contributed by atoms with Gasteiger partial charge >= 0.3 is 0 Å². The number of thiophene rings is 1. The number of rotatable bonds is 6. The van der Waals surface area contributed by atoms with Gasteiger partial charge in [0, 0.05) is 4.88 Å². The Hall–Kier alpha value is -2.46. The lowest BCUT2D eigenvalue weighted by molar-refractivity contribution is -0.117. The van der Waals surface area contributed by atoms with Crippen molar-refractivity contribution in [3.8, 4) is 0 Å². The molecule has 0 bridgehead atoms. The summed E-state index contributed by atoms with van der Waals surface area (Å²) in [6.07, 6.45) is 0. The third-order valence-electron chi connectivity index (χ3n) is 2.62. The number of carbonyl (C=O) groups is 2. The molecule has 0 aliphatic carbocycles. The van der Waals surface area contributed by atoms with E-state index in [2.05, 4.69) is 15.4 Å². The second-order valence-electron chi connectivity index (χ2n) is 4.38. The molecule has 10 heteroatoms. The SMILES string of the molecule is Cc1cc2c(N(CC(N)=O)CC(N)=O)nc(NN)nc2s1. The number of carbonyl (C=O) groups excluding carboxylic acids is 2. The second-order valence-corrected chi connectivity index (χ2v) is 5.61. The van der Waals surface area contributed by atoms with Crippen LogP contribution < -0.4 is 27.6 Å². The first kappa shape index (κ1) is 14.9. The second kappa shape index (κ2) is 5.89. The molecule has 2 amide bonds. The largest absolute Gasteiger partial charge is 0.368 e. The highest BCUT2D eigenvalue weighted by molar-refractivity contribution is 7.18. The smallest absolute Gasteiger partial charge is 0.240 e. The van der Waals surface area contributed by atoms with Crippen LogP contribution in [0.5, 0.6) is 0 Å². The van der Waals surface area contributed by atoms with Crippen LogP contribution in [0.25, 0.3) is 10.2 Å². The zero-order valence-electron chi connectivity index (χ0n) is 11.3. The van der Waals surface area contributed by atoms with Gasteiger partial charge in [-0.25, -0.2) is 10.8 Å². The lowest BCUT2D eigenvalue weighted by atomic mass is 10.3. The molecule has 0 radical (unpaired) electrons. The Kier molecular flexibility index (Phi) is 4.19. The molecule has 0 aromatic carbocycles. The number of nitrogens with one attached hydrogen (secondary N) is 1. The minimum atomic E-state index is -0.600. The third-order valence-corrected chi connectivity index (χ3v) is 3.56. The molecule has 2 heterocycles. The molecule has 0 aliphatic rings. The van der Waals surface area contributed by atoms with Crippen molar-refractivity contribution in [3.63, 3.8) is 0 Å². The van der Waals surface area contributed by atoms with Crippen LogP contribution in [0.1, 0.15) is 4.88 Å². The molecule has 0 saturated carbocycles. The summed E-state index contributed by atoms with van der Waals surface area (Å²) in [5.74, 6) is 4.71. The van der Waals surface area contributed by atoms with E-state index in [1.165, 1.54) is 16.2 Å². The molecule has 0 saturated heterocycles. The lowest BCUT2D eigenvalue weighted by Gasteiger charge is -2.21. The molecule has 2 aromatic heterocycles. The summed E-state index contributed by atoms with van der Waals surface area (Å²) < 4.78 is 0. The van der Waals surface area contributed by atoms with Crippen molar-refractivity contribution in [3.05, 3.63) is 10.9 Å². The van der Waals surface area contributed by atoms with Crippen LogP contribution in [0, 0.1) is 6.92 Å². The van der Waals surface area contributed by atoms with Crippen LogP contribution in [0.4, 0.5) is 11.8 Å². The van der Waals surface area contributed by atoms with Gasteiger partial charge < -0.3 is 16.4 Å². The van der Waals surface area contributed by atoms with E-state index in [0.717, 1.165) is 4.88 Å². The van der Waals surface area contributed by atoms with Gasteiger partial charge in [0.05, 0.1) is 18.5 Å². The Morgan fingerprint density at radius 3 is 2.43 bits per heavy atom. The van der Waals surface area contributed by atoms with Crippen molar-refractivity contribution in [2.24, 2.45) is 17.3 Å². The average Bonchev–Trinajstić information content (AvgIpc) is 2.75. The molecule has 0 unspecified atom stereocenters. The number of primary amides is 2. The highest BCUT2D eigenvalue weighted by Gasteiger charge is 2.19. The summed E-state index contributed by atoms with van der Waals surface area (Å²) in [6.45, 7) is 1.54. The van der Waals surface area contributed by atoms with Crippen LogP contribution in [-0.4, -0.2) is 34.9 Å². The zero-order valence-corrected chi connectivity index (χ0v) is 12.1. The summed E-state index contributed by atoms with van der Waals surface area (Å²) in [7, 11) is 0. The minimum absolute atomic E-state index is 0.179. The maximum atomic E-state index is 11.2. The van der Waals surface area contributed by atoms with E-state index < -0.39 is 11.8 Å². The van der Waals surface area contributed by atoms with Crippen molar-refractivity contribution in [1.29, 1.82) is 0 Å². The highest BCUT2D eigenvalue weighted by Crippen LogP contribution is 2.31. The minimum Gasteiger partial charge on any atom is -0.368 e. The van der Waals surface area contributed by atoms with Gasteiger partial charge in [0.2, 0.25) is 17.8 Å². The fraction of sp³-hybridized carbons (Fsp3) is 0.273. The van der Waals surface area contributed by atoms with Gasteiger partial charge in [0.1, 0.15) is 10.6 Å². The number of fused-ring (bicyclic) bond motifs is 1. The number of nitrogens with two attached hydrogens (primary N) is 3. The number of aromatic nitrogens is 2. The van der Waals surface area contributed by atoms with E-state index in [9.17, 15) is 9.59 Å². The van der Waals surface area contributed by atoms with E-state index in [1.807, 2.05) is 13.0 Å². The quantitative estimate of drug-likeness (QED) is 0.397. The lowest BCUT2D eigenvalue weighted by Crippen LogP contribution is -2.40. The molecule has 0 spiro atoms. The van der Waals surface area contributed by atoms with Crippen molar-refractivity contribution >= 4 is 45.1 Å². The van der Waals surface area contributed by atoms with Crippen LogP contribution in [0.2, 0.25) is 0 Å². The molecule has 21 heavy (non-hydrogen) atoms. The molecule has 0 fully saturated rings. The third kappa shape index (κ3) is 3.35. The maximum Gasteiger partial charge on any atom is 0.240 e. The van der Waals surface area contributed by atoms with Crippen molar-refractivity contribution in [1.82, 2.24) is 9.97 Å². The maximum absolute atomic E-state index is 11.2. The number of amides is 2. The topological polar surface area (TPSA) is 153 Å². The predicted octanol–water partition coefficient (Wildman–Crippen LogP) is -0.938. The van der Waals surface area contributed by atoms with E-state index in [1.54, 1.807) is 0 Å². The highest BCUT2D eigenvalue weighted by atomic mass is 32.1. The van der Waals surface area contributed by atoms with Gasteiger partial charge in [-0.05, 0) is 13.0 Å². The van der Waals surface area contributed by atoms with Crippen LogP contribution in [0.3, 0.4) is 0 Å². The van der Waals surface area contributed by atoms with Gasteiger partial charge in [-0.1, -0.05) is 0 Å². The Morgan fingerprint density at radius 1 is 1.29 bits per heavy atom. The number of anilines is 2. The summed E-state index contributed by atoms with van der Waals surface area (Å²) in [5.41, 5.74) is 12.8. The number of nitrogen functional groups attached to an aromatic ring is 1. The van der Waals surface area contributed by atoms with Gasteiger partial charge in [0.25, 0.3) is 0 Å². The molecular weight excluding hydrogens is 294 g/mol. The number of hydrogen-bond acceptors (Lipinski definition) is 8. The summed E-state index contributed by atoms with van der Waals surface area (Å²) in [6, 6.07) is 1.87. The molecular formula is C11H15N7O2S. The van der Waals surface area contributed by atoms with Crippen LogP contribution in [0.15, 0.2) is 6.07 Å². The molecule has 2 rings (SSSR count). The van der Waals surface area contributed by atoms with E-state index in [0.29, 0.717) is 16.0 Å². The van der Waals surface area contributed by atoms with Crippen LogP contribution in [-0.2, 0) is 9.59 Å². The monoisotopic (exact) mass is 309 g/mol. The Bertz CT molecular complexity index is 683. The Labute approximate surface area is 124 Å². The van der Waals surface area contributed by atoms with Gasteiger partial charge in [-0.2, -0.15) is 4.98 Å². The first-order valence-electron chi connectivity index (χ1n) is 5.97. The molecule has 0 atom stereocenters. The average molecular weight is 309 g/mol. The van der Waals surface area contributed by atoms with Crippen LogP contribution >= 0.6 is 11.3 Å². The summed E-state index contributed by atoms with van der Waals surface area (Å²) in [4.78, 5) is 33.9. The van der Waals surface area contributed by atoms with Gasteiger partial charge in [-0.15, -0.1) is 11.3 Å². The van der Waals surface area contributed by atoms with E-state index in [4.69, 9.17) is 17.3 Å². The Morgan fingerprint density at radius 2 is 1.90 bits per heavy atom. The summed E-state index contributed by atoms with van der Waals surface area (Å²) in [5, 5.41) is 0.707. The van der Waals surface area contributed by atoms with E-state index >= 15 is 0 Å². The number of nitrogens with zero attached hydrogens (tertiary/aromatic N) is 3. The van der Waals surface area contributed by atoms with Crippen molar-refractivity contribution < 1.29 is 9.59 Å². The first-order valence-corrected chi connectivity index (χ1v) is 6.78.